The van der Waals surface area contributed by atoms with Crippen molar-refractivity contribution in [1.29, 1.82) is 0 Å². The number of piperidine rings is 2. The van der Waals surface area contributed by atoms with Gasteiger partial charge in [-0.1, -0.05) is 23.7 Å². The molecule has 0 aromatic heterocycles. The number of amides is 1. The summed E-state index contributed by atoms with van der Waals surface area (Å²) in [6, 6.07) is 7.38. The SMILES string of the molecule is COCC1(C(=O)N2CCC(C(O)c3ccc(Cl)cc3)CC2)CCNCC1. The number of ether oxygens (including phenoxy) is 1. The first-order valence-corrected chi connectivity index (χ1v) is 9.86. The molecule has 0 bridgehead atoms. The first-order valence-electron chi connectivity index (χ1n) is 9.48. The van der Waals surface area contributed by atoms with Crippen molar-refractivity contribution < 1.29 is 14.6 Å². The van der Waals surface area contributed by atoms with E-state index in [0.29, 0.717) is 24.7 Å². The summed E-state index contributed by atoms with van der Waals surface area (Å²) in [7, 11) is 1.67. The summed E-state index contributed by atoms with van der Waals surface area (Å²) >= 11 is 5.93. The van der Waals surface area contributed by atoms with Gasteiger partial charge in [0, 0.05) is 25.2 Å². The Labute approximate surface area is 160 Å². The van der Waals surface area contributed by atoms with E-state index in [4.69, 9.17) is 16.3 Å². The Morgan fingerprint density at radius 1 is 1.31 bits per heavy atom. The summed E-state index contributed by atoms with van der Waals surface area (Å²) in [6.45, 7) is 3.61. The van der Waals surface area contributed by atoms with E-state index in [9.17, 15) is 9.90 Å². The molecule has 2 N–H and O–H groups in total. The molecule has 0 aliphatic carbocycles. The Morgan fingerprint density at radius 3 is 2.50 bits per heavy atom. The van der Waals surface area contributed by atoms with Crippen molar-refractivity contribution in [3.05, 3.63) is 34.9 Å². The number of likely N-dealkylation sites (tertiary alicyclic amines) is 1. The third-order valence-electron chi connectivity index (χ3n) is 5.92. The van der Waals surface area contributed by atoms with Crippen molar-refractivity contribution in [1.82, 2.24) is 10.2 Å². The first-order chi connectivity index (χ1) is 12.6. The molecule has 2 fully saturated rings. The molecule has 1 aromatic carbocycles. The van der Waals surface area contributed by atoms with Gasteiger partial charge in [0.1, 0.15) is 0 Å². The van der Waals surface area contributed by atoms with E-state index >= 15 is 0 Å². The number of aliphatic hydroxyl groups excluding tert-OH is 1. The quantitative estimate of drug-likeness (QED) is 0.824. The van der Waals surface area contributed by atoms with Crippen LogP contribution in [0.4, 0.5) is 0 Å². The van der Waals surface area contributed by atoms with Gasteiger partial charge in [-0.2, -0.15) is 0 Å². The Morgan fingerprint density at radius 2 is 1.92 bits per heavy atom. The molecule has 26 heavy (non-hydrogen) atoms. The highest BCUT2D eigenvalue weighted by molar-refractivity contribution is 6.30. The van der Waals surface area contributed by atoms with Crippen molar-refractivity contribution in [2.45, 2.75) is 31.8 Å². The zero-order chi connectivity index (χ0) is 18.6. The number of rotatable bonds is 5. The van der Waals surface area contributed by atoms with E-state index in [0.717, 1.165) is 44.3 Å². The maximum atomic E-state index is 13.2. The maximum absolute atomic E-state index is 13.2. The average molecular weight is 381 g/mol. The van der Waals surface area contributed by atoms with Gasteiger partial charge in [0.2, 0.25) is 5.91 Å². The van der Waals surface area contributed by atoms with Crippen molar-refractivity contribution in [2.24, 2.45) is 11.3 Å². The van der Waals surface area contributed by atoms with Crippen LogP contribution in [0.1, 0.15) is 37.4 Å². The number of carbonyl (C=O) groups excluding carboxylic acids is 1. The number of hydrogen-bond acceptors (Lipinski definition) is 4. The second kappa shape index (κ2) is 8.70. The molecule has 2 aliphatic heterocycles. The summed E-state index contributed by atoms with van der Waals surface area (Å²) in [5.41, 5.74) is 0.509. The first kappa shape index (κ1) is 19.6. The van der Waals surface area contributed by atoms with Crippen molar-refractivity contribution in [3.8, 4) is 0 Å². The normalized spacial score (nSPS) is 22.2. The van der Waals surface area contributed by atoms with E-state index in [-0.39, 0.29) is 17.2 Å². The van der Waals surface area contributed by atoms with Crippen LogP contribution in [0.2, 0.25) is 5.02 Å². The summed E-state index contributed by atoms with van der Waals surface area (Å²) in [5.74, 6) is 0.395. The van der Waals surface area contributed by atoms with E-state index in [2.05, 4.69) is 5.32 Å². The molecule has 0 saturated carbocycles. The molecule has 6 heteroatoms. The highest BCUT2D eigenvalue weighted by atomic mass is 35.5. The number of nitrogens with one attached hydrogen (secondary N) is 1. The lowest BCUT2D eigenvalue weighted by Gasteiger charge is -2.42. The highest BCUT2D eigenvalue weighted by Crippen LogP contribution is 2.36. The molecule has 1 unspecified atom stereocenters. The summed E-state index contributed by atoms with van der Waals surface area (Å²) < 4.78 is 5.40. The smallest absolute Gasteiger partial charge is 0.231 e. The van der Waals surface area contributed by atoms with E-state index in [1.54, 1.807) is 7.11 Å². The number of benzene rings is 1. The van der Waals surface area contributed by atoms with Crippen molar-refractivity contribution in [3.63, 3.8) is 0 Å². The molecule has 2 heterocycles. The van der Waals surface area contributed by atoms with Crippen LogP contribution >= 0.6 is 11.6 Å². The fraction of sp³-hybridized carbons (Fsp3) is 0.650. The minimum absolute atomic E-state index is 0.173. The van der Waals surface area contributed by atoms with Crippen LogP contribution in [0.5, 0.6) is 0 Å². The van der Waals surface area contributed by atoms with Gasteiger partial charge in [-0.05, 0) is 62.4 Å². The number of methoxy groups -OCH3 is 1. The Bertz CT molecular complexity index is 588. The zero-order valence-electron chi connectivity index (χ0n) is 15.4. The van der Waals surface area contributed by atoms with Crippen LogP contribution in [0.3, 0.4) is 0 Å². The number of hydrogen-bond donors (Lipinski definition) is 2. The Kier molecular flexibility index (Phi) is 6.56. The van der Waals surface area contributed by atoms with Gasteiger partial charge >= 0.3 is 0 Å². The lowest BCUT2D eigenvalue weighted by molar-refractivity contribution is -0.149. The van der Waals surface area contributed by atoms with Gasteiger partial charge in [0.25, 0.3) is 0 Å². The van der Waals surface area contributed by atoms with E-state index in [1.165, 1.54) is 0 Å². The fourth-order valence-electron chi connectivity index (χ4n) is 4.29. The zero-order valence-corrected chi connectivity index (χ0v) is 16.2. The molecule has 1 atom stereocenters. The second-order valence-corrected chi connectivity index (χ2v) is 8.03. The van der Waals surface area contributed by atoms with Gasteiger partial charge in [-0.3, -0.25) is 4.79 Å². The Hall–Kier alpha value is -1.14. The van der Waals surface area contributed by atoms with Gasteiger partial charge in [0.15, 0.2) is 0 Å². The third kappa shape index (κ3) is 4.22. The fourth-order valence-corrected chi connectivity index (χ4v) is 4.41. The molecule has 1 aromatic rings. The number of nitrogens with zero attached hydrogens (tertiary/aromatic N) is 1. The van der Waals surface area contributed by atoms with Crippen molar-refractivity contribution >= 4 is 17.5 Å². The van der Waals surface area contributed by atoms with Gasteiger partial charge in [-0.25, -0.2) is 0 Å². The van der Waals surface area contributed by atoms with Crippen LogP contribution < -0.4 is 5.32 Å². The molecule has 1 amide bonds. The largest absolute Gasteiger partial charge is 0.388 e. The topological polar surface area (TPSA) is 61.8 Å². The molecule has 144 valence electrons. The number of halogens is 1. The van der Waals surface area contributed by atoms with Crippen LogP contribution in [0.25, 0.3) is 0 Å². The molecule has 0 radical (unpaired) electrons. The van der Waals surface area contributed by atoms with Gasteiger partial charge in [0.05, 0.1) is 18.1 Å². The molecule has 5 nitrogen and oxygen atoms in total. The number of carbonyl (C=O) groups is 1. The number of aliphatic hydroxyl groups is 1. The molecule has 2 saturated heterocycles. The Balaban J connectivity index is 1.60. The molecule has 3 rings (SSSR count). The maximum Gasteiger partial charge on any atom is 0.231 e. The highest BCUT2D eigenvalue weighted by Gasteiger charge is 2.43. The lowest BCUT2D eigenvalue weighted by atomic mass is 9.77. The van der Waals surface area contributed by atoms with Crippen LogP contribution in [-0.4, -0.2) is 55.8 Å². The molecular formula is C20H29ClN2O3. The van der Waals surface area contributed by atoms with E-state index < -0.39 is 6.10 Å². The molecule has 2 aliphatic rings. The lowest BCUT2D eigenvalue weighted by Crippen LogP contribution is -2.53. The third-order valence-corrected chi connectivity index (χ3v) is 6.17. The monoisotopic (exact) mass is 380 g/mol. The van der Waals surface area contributed by atoms with Crippen LogP contribution in [-0.2, 0) is 9.53 Å². The predicted molar refractivity (Wildman–Crippen MR) is 102 cm³/mol. The van der Waals surface area contributed by atoms with Crippen LogP contribution in [0.15, 0.2) is 24.3 Å². The second-order valence-electron chi connectivity index (χ2n) is 7.59. The summed E-state index contributed by atoms with van der Waals surface area (Å²) in [6.07, 6.45) is 2.78. The van der Waals surface area contributed by atoms with Crippen LogP contribution in [0, 0.1) is 11.3 Å². The van der Waals surface area contributed by atoms with Crippen molar-refractivity contribution in [2.75, 3.05) is 39.9 Å². The minimum atomic E-state index is -0.503. The standard InChI is InChI=1S/C20H29ClN2O3/c1-26-14-20(8-10-22-11-9-20)19(25)23-12-6-16(7-13-23)18(24)15-2-4-17(21)5-3-15/h2-5,16,18,22,24H,6-14H2,1H3. The van der Waals surface area contributed by atoms with Gasteiger partial charge in [-0.15, -0.1) is 0 Å². The summed E-state index contributed by atoms with van der Waals surface area (Å²) in [5, 5.41) is 14.7. The molecular weight excluding hydrogens is 352 g/mol. The summed E-state index contributed by atoms with van der Waals surface area (Å²) in [4.78, 5) is 15.2. The predicted octanol–water partition coefficient (Wildman–Crippen LogP) is 2.63. The van der Waals surface area contributed by atoms with Gasteiger partial charge < -0.3 is 20.1 Å². The molecule has 0 spiro atoms. The van der Waals surface area contributed by atoms with E-state index in [1.807, 2.05) is 29.2 Å². The average Bonchev–Trinajstić information content (AvgIpc) is 2.68. The minimum Gasteiger partial charge on any atom is -0.388 e.